The van der Waals surface area contributed by atoms with Gasteiger partial charge in [0.1, 0.15) is 11.8 Å². The van der Waals surface area contributed by atoms with E-state index in [4.69, 9.17) is 0 Å². The molecule has 2 fully saturated rings. The van der Waals surface area contributed by atoms with Crippen LogP contribution < -0.4 is 5.32 Å². The first-order valence-corrected chi connectivity index (χ1v) is 9.21. The number of aromatic hydroxyl groups is 1. The Morgan fingerprint density at radius 1 is 1.21 bits per heavy atom. The van der Waals surface area contributed by atoms with Crippen molar-refractivity contribution in [2.75, 3.05) is 32.7 Å². The number of phenols is 1. The van der Waals surface area contributed by atoms with Crippen LogP contribution in [0.25, 0.3) is 0 Å². The Kier molecular flexibility index (Phi) is 5.74. The van der Waals surface area contributed by atoms with Gasteiger partial charge < -0.3 is 15.3 Å². The highest BCUT2D eigenvalue weighted by atomic mass is 16.3. The number of rotatable bonds is 3. The fraction of sp³-hybridized carbons (Fsp3) is 0.632. The third kappa shape index (κ3) is 3.90. The fourth-order valence-corrected chi connectivity index (χ4v) is 3.88. The summed E-state index contributed by atoms with van der Waals surface area (Å²) in [6.45, 7) is 6.51. The smallest absolute Gasteiger partial charge is 0.244 e. The SMILES string of the molecule is CC1CNCCN1C(C(=O)N1CCCCCC1)c1cccc(O)c1. The van der Waals surface area contributed by atoms with Crippen LogP contribution in [0.4, 0.5) is 0 Å². The van der Waals surface area contributed by atoms with Crippen LogP contribution in [-0.2, 0) is 4.79 Å². The van der Waals surface area contributed by atoms with E-state index >= 15 is 0 Å². The van der Waals surface area contributed by atoms with Crippen molar-refractivity contribution in [2.24, 2.45) is 0 Å². The van der Waals surface area contributed by atoms with E-state index in [-0.39, 0.29) is 17.7 Å². The second-order valence-corrected chi connectivity index (χ2v) is 7.03. The van der Waals surface area contributed by atoms with E-state index in [0.29, 0.717) is 6.04 Å². The summed E-state index contributed by atoms with van der Waals surface area (Å²) in [7, 11) is 0. The van der Waals surface area contributed by atoms with Gasteiger partial charge in [0.2, 0.25) is 5.91 Å². The second-order valence-electron chi connectivity index (χ2n) is 7.03. The van der Waals surface area contributed by atoms with Crippen molar-refractivity contribution in [3.8, 4) is 5.75 Å². The highest BCUT2D eigenvalue weighted by Crippen LogP contribution is 2.29. The van der Waals surface area contributed by atoms with Gasteiger partial charge in [0, 0.05) is 38.8 Å². The van der Waals surface area contributed by atoms with Crippen molar-refractivity contribution in [3.63, 3.8) is 0 Å². The molecule has 2 unspecified atom stereocenters. The highest BCUT2D eigenvalue weighted by Gasteiger charge is 2.35. The second kappa shape index (κ2) is 7.99. The number of nitrogens with zero attached hydrogens (tertiary/aromatic N) is 2. The van der Waals surface area contributed by atoms with Gasteiger partial charge in [-0.05, 0) is 37.5 Å². The minimum Gasteiger partial charge on any atom is -0.508 e. The molecule has 0 bridgehead atoms. The van der Waals surface area contributed by atoms with Crippen LogP contribution >= 0.6 is 0 Å². The number of amides is 1. The van der Waals surface area contributed by atoms with Crippen LogP contribution in [0.5, 0.6) is 5.75 Å². The minimum absolute atomic E-state index is 0.191. The van der Waals surface area contributed by atoms with E-state index in [0.717, 1.165) is 51.1 Å². The Labute approximate surface area is 144 Å². The summed E-state index contributed by atoms with van der Waals surface area (Å²) in [6, 6.07) is 7.21. The molecule has 0 radical (unpaired) electrons. The molecule has 24 heavy (non-hydrogen) atoms. The van der Waals surface area contributed by atoms with Crippen LogP contribution in [-0.4, -0.2) is 59.6 Å². The number of phenolic OH excluding ortho intramolecular Hbond substituents is 1. The number of carbonyl (C=O) groups excluding carboxylic acids is 1. The number of hydrogen-bond acceptors (Lipinski definition) is 4. The molecule has 0 saturated carbocycles. The third-order valence-corrected chi connectivity index (χ3v) is 5.22. The highest BCUT2D eigenvalue weighted by molar-refractivity contribution is 5.83. The van der Waals surface area contributed by atoms with Crippen molar-refractivity contribution in [1.29, 1.82) is 0 Å². The molecule has 0 spiro atoms. The number of carbonyl (C=O) groups is 1. The number of nitrogens with one attached hydrogen (secondary N) is 1. The first-order valence-electron chi connectivity index (χ1n) is 9.21. The molecular weight excluding hydrogens is 302 g/mol. The zero-order valence-corrected chi connectivity index (χ0v) is 14.6. The molecule has 0 aromatic heterocycles. The summed E-state index contributed by atoms with van der Waals surface area (Å²) < 4.78 is 0. The van der Waals surface area contributed by atoms with E-state index in [1.165, 1.54) is 12.8 Å². The zero-order valence-electron chi connectivity index (χ0n) is 14.6. The van der Waals surface area contributed by atoms with Crippen LogP contribution in [0, 0.1) is 0 Å². The topological polar surface area (TPSA) is 55.8 Å². The molecule has 1 aromatic carbocycles. The van der Waals surface area contributed by atoms with Crippen LogP contribution in [0.15, 0.2) is 24.3 Å². The fourth-order valence-electron chi connectivity index (χ4n) is 3.88. The summed E-state index contributed by atoms with van der Waals surface area (Å²) in [5.41, 5.74) is 0.901. The summed E-state index contributed by atoms with van der Waals surface area (Å²) in [5, 5.41) is 13.3. The average molecular weight is 331 g/mol. The Morgan fingerprint density at radius 3 is 2.62 bits per heavy atom. The first kappa shape index (κ1) is 17.2. The van der Waals surface area contributed by atoms with E-state index in [1.807, 2.05) is 17.0 Å². The maximum atomic E-state index is 13.4. The summed E-state index contributed by atoms with van der Waals surface area (Å²) in [6.07, 6.45) is 4.61. The molecule has 5 nitrogen and oxygen atoms in total. The van der Waals surface area contributed by atoms with E-state index in [2.05, 4.69) is 17.1 Å². The lowest BCUT2D eigenvalue weighted by Gasteiger charge is -2.41. The van der Waals surface area contributed by atoms with Crippen molar-refractivity contribution < 1.29 is 9.90 Å². The molecule has 2 aliphatic heterocycles. The van der Waals surface area contributed by atoms with Gasteiger partial charge in [-0.1, -0.05) is 25.0 Å². The molecule has 5 heteroatoms. The van der Waals surface area contributed by atoms with Gasteiger partial charge in [-0.25, -0.2) is 0 Å². The quantitative estimate of drug-likeness (QED) is 0.891. The monoisotopic (exact) mass is 331 g/mol. The Balaban J connectivity index is 1.89. The predicted molar refractivity (Wildman–Crippen MR) is 94.9 cm³/mol. The normalized spacial score (nSPS) is 24.4. The number of hydrogen-bond donors (Lipinski definition) is 2. The summed E-state index contributed by atoms with van der Waals surface area (Å²) in [4.78, 5) is 17.7. The van der Waals surface area contributed by atoms with E-state index < -0.39 is 0 Å². The predicted octanol–water partition coefficient (Wildman–Crippen LogP) is 2.13. The van der Waals surface area contributed by atoms with Gasteiger partial charge in [0.15, 0.2) is 0 Å². The molecular formula is C19H29N3O2. The summed E-state index contributed by atoms with van der Waals surface area (Å²) >= 11 is 0. The lowest BCUT2D eigenvalue weighted by Crippen LogP contribution is -2.54. The maximum absolute atomic E-state index is 13.4. The van der Waals surface area contributed by atoms with Gasteiger partial charge in [-0.15, -0.1) is 0 Å². The summed E-state index contributed by atoms with van der Waals surface area (Å²) in [5.74, 6) is 0.417. The van der Waals surface area contributed by atoms with Gasteiger partial charge in [-0.3, -0.25) is 9.69 Å². The largest absolute Gasteiger partial charge is 0.508 e. The zero-order chi connectivity index (χ0) is 16.9. The Morgan fingerprint density at radius 2 is 1.96 bits per heavy atom. The third-order valence-electron chi connectivity index (χ3n) is 5.22. The minimum atomic E-state index is -0.299. The molecule has 2 saturated heterocycles. The van der Waals surface area contributed by atoms with Gasteiger partial charge in [0.25, 0.3) is 0 Å². The molecule has 132 valence electrons. The van der Waals surface area contributed by atoms with Crippen LogP contribution in [0.3, 0.4) is 0 Å². The Hall–Kier alpha value is -1.59. The van der Waals surface area contributed by atoms with Crippen LogP contribution in [0.2, 0.25) is 0 Å². The molecule has 1 amide bonds. The first-order chi connectivity index (χ1) is 11.7. The molecule has 2 aliphatic rings. The van der Waals surface area contributed by atoms with Crippen LogP contribution in [0.1, 0.15) is 44.2 Å². The van der Waals surface area contributed by atoms with Crippen molar-refractivity contribution in [2.45, 2.75) is 44.7 Å². The number of piperazine rings is 1. The molecule has 3 rings (SSSR count). The molecule has 0 aliphatic carbocycles. The van der Waals surface area contributed by atoms with Crippen molar-refractivity contribution in [1.82, 2.24) is 15.1 Å². The molecule has 1 aromatic rings. The molecule has 2 atom stereocenters. The molecule has 2 N–H and O–H groups in total. The lowest BCUT2D eigenvalue weighted by atomic mass is 10.00. The van der Waals surface area contributed by atoms with Crippen molar-refractivity contribution >= 4 is 5.91 Å². The number of benzene rings is 1. The van der Waals surface area contributed by atoms with E-state index in [9.17, 15) is 9.90 Å². The van der Waals surface area contributed by atoms with Crippen molar-refractivity contribution in [3.05, 3.63) is 29.8 Å². The van der Waals surface area contributed by atoms with Gasteiger partial charge >= 0.3 is 0 Å². The lowest BCUT2D eigenvalue weighted by molar-refractivity contribution is -0.138. The molecule has 2 heterocycles. The van der Waals surface area contributed by atoms with E-state index in [1.54, 1.807) is 12.1 Å². The Bertz CT molecular complexity index is 555. The van der Waals surface area contributed by atoms with Gasteiger partial charge in [0.05, 0.1) is 0 Å². The standard InChI is InChI=1S/C19H29N3O2/c1-15-14-20-9-12-22(15)18(16-7-6-8-17(23)13-16)19(24)21-10-4-2-3-5-11-21/h6-8,13,15,18,20,23H,2-5,9-12,14H2,1H3. The van der Waals surface area contributed by atoms with Gasteiger partial charge in [-0.2, -0.15) is 0 Å². The number of likely N-dealkylation sites (tertiary alicyclic amines) is 1. The average Bonchev–Trinajstić information content (AvgIpc) is 2.86. The maximum Gasteiger partial charge on any atom is 0.244 e.